The first-order valence-electron chi connectivity index (χ1n) is 12.5. The van der Waals surface area contributed by atoms with Crippen LogP contribution in [0.15, 0.2) is 61.1 Å². The van der Waals surface area contributed by atoms with Crippen LogP contribution in [-0.2, 0) is 18.0 Å². The zero-order chi connectivity index (χ0) is 27.5. The SMILES string of the molecule is Cn1ncc(-c2cccc(Cl)c2C2CCC3C(=O)N(c4cncc5ccccc45)C(=O)NC3C2)c1C(F)(F)F. The quantitative estimate of drug-likeness (QED) is 0.322. The van der Waals surface area contributed by atoms with E-state index in [1.807, 2.05) is 24.3 Å². The third-order valence-corrected chi connectivity index (χ3v) is 8.08. The van der Waals surface area contributed by atoms with Crippen LogP contribution >= 0.6 is 11.6 Å². The number of amides is 3. The topological polar surface area (TPSA) is 80.1 Å². The van der Waals surface area contributed by atoms with Gasteiger partial charge in [-0.2, -0.15) is 18.3 Å². The Morgan fingerprint density at radius 3 is 2.59 bits per heavy atom. The summed E-state index contributed by atoms with van der Waals surface area (Å²) in [6.07, 6.45) is 1.09. The number of nitrogens with one attached hydrogen (secondary N) is 1. The molecule has 0 radical (unpaired) electrons. The van der Waals surface area contributed by atoms with Gasteiger partial charge in [0.1, 0.15) is 5.69 Å². The van der Waals surface area contributed by atoms with Gasteiger partial charge in [-0.3, -0.25) is 14.5 Å². The van der Waals surface area contributed by atoms with E-state index in [4.69, 9.17) is 11.6 Å². The number of pyridine rings is 1. The van der Waals surface area contributed by atoms with Crippen LogP contribution in [0.1, 0.15) is 36.4 Å². The van der Waals surface area contributed by atoms with Crippen LogP contribution in [0.5, 0.6) is 0 Å². The highest BCUT2D eigenvalue weighted by Crippen LogP contribution is 2.47. The molecule has 0 spiro atoms. The Kier molecular flexibility index (Phi) is 6.10. The van der Waals surface area contributed by atoms with Crippen LogP contribution < -0.4 is 10.2 Å². The standard InChI is InChI=1S/C28H23ClF3N5O2/c1-36-25(28(30,31)32)20(13-34-36)18-7-4-8-21(29)24(18)15-9-10-19-22(11-15)35-27(39)37(26(19)38)23-14-33-12-16-5-2-3-6-17(16)23/h2-8,12-15,19,22H,9-11H2,1H3,(H,35,39). The number of hydrogen-bond acceptors (Lipinski definition) is 4. The molecule has 0 bridgehead atoms. The summed E-state index contributed by atoms with van der Waals surface area (Å²) in [5.74, 6) is -1.06. The van der Waals surface area contributed by atoms with E-state index in [9.17, 15) is 22.8 Å². The van der Waals surface area contributed by atoms with E-state index in [0.717, 1.165) is 20.4 Å². The molecule has 1 saturated carbocycles. The van der Waals surface area contributed by atoms with Crippen LogP contribution in [-0.4, -0.2) is 32.7 Å². The van der Waals surface area contributed by atoms with Crippen molar-refractivity contribution in [2.24, 2.45) is 13.0 Å². The van der Waals surface area contributed by atoms with Crippen molar-refractivity contribution in [1.82, 2.24) is 20.1 Å². The average molecular weight is 554 g/mol. The number of anilines is 1. The number of aryl methyl sites for hydroxylation is 1. The monoisotopic (exact) mass is 553 g/mol. The summed E-state index contributed by atoms with van der Waals surface area (Å²) in [4.78, 5) is 32.3. The molecule has 2 aromatic carbocycles. The molecule has 2 aliphatic rings. The summed E-state index contributed by atoms with van der Waals surface area (Å²) in [7, 11) is 1.25. The van der Waals surface area contributed by atoms with Crippen molar-refractivity contribution < 1.29 is 22.8 Å². The predicted octanol–water partition coefficient (Wildman–Crippen LogP) is 6.32. The fourth-order valence-corrected chi connectivity index (χ4v) is 6.37. The van der Waals surface area contributed by atoms with E-state index >= 15 is 0 Å². The highest BCUT2D eigenvalue weighted by atomic mass is 35.5. The van der Waals surface area contributed by atoms with Gasteiger partial charge in [-0.25, -0.2) is 9.69 Å². The number of fused-ring (bicyclic) bond motifs is 2. The van der Waals surface area contributed by atoms with Gasteiger partial charge in [-0.1, -0.05) is 48.0 Å². The summed E-state index contributed by atoms with van der Waals surface area (Å²) in [6.45, 7) is 0. The van der Waals surface area contributed by atoms with Crippen molar-refractivity contribution in [1.29, 1.82) is 0 Å². The number of rotatable bonds is 3. The predicted molar refractivity (Wildman–Crippen MR) is 140 cm³/mol. The third-order valence-electron chi connectivity index (χ3n) is 7.75. The number of carbonyl (C=O) groups excluding carboxylic acids is 2. The zero-order valence-corrected chi connectivity index (χ0v) is 21.5. The number of urea groups is 1. The molecule has 2 aromatic heterocycles. The van der Waals surface area contributed by atoms with Gasteiger partial charge in [-0.05, 0) is 42.4 Å². The lowest BCUT2D eigenvalue weighted by molar-refractivity contribution is -0.143. The van der Waals surface area contributed by atoms with Crippen molar-refractivity contribution in [3.05, 3.63) is 77.3 Å². The number of nitrogens with zero attached hydrogens (tertiary/aromatic N) is 4. The first kappa shape index (κ1) is 25.4. The second kappa shape index (κ2) is 9.37. The Morgan fingerprint density at radius 1 is 1.00 bits per heavy atom. The molecule has 2 fully saturated rings. The van der Waals surface area contributed by atoms with Crippen LogP contribution in [0, 0.1) is 5.92 Å². The molecule has 200 valence electrons. The molecular formula is C28H23ClF3N5O2. The Morgan fingerprint density at radius 2 is 1.79 bits per heavy atom. The molecule has 1 aliphatic heterocycles. The van der Waals surface area contributed by atoms with Crippen molar-refractivity contribution in [3.63, 3.8) is 0 Å². The van der Waals surface area contributed by atoms with E-state index < -0.39 is 29.9 Å². The maximum absolute atomic E-state index is 13.9. The van der Waals surface area contributed by atoms with E-state index in [2.05, 4.69) is 15.4 Å². The van der Waals surface area contributed by atoms with Gasteiger partial charge in [-0.15, -0.1) is 0 Å². The minimum Gasteiger partial charge on any atom is -0.334 e. The highest BCUT2D eigenvalue weighted by molar-refractivity contribution is 6.32. The molecule has 11 heteroatoms. The Hall–Kier alpha value is -3.92. The van der Waals surface area contributed by atoms with Crippen molar-refractivity contribution >= 4 is 40.0 Å². The van der Waals surface area contributed by atoms with Gasteiger partial charge in [0.05, 0.1) is 24.0 Å². The summed E-state index contributed by atoms with van der Waals surface area (Å²) in [5, 5.41) is 8.72. The van der Waals surface area contributed by atoms with Crippen molar-refractivity contribution in [2.45, 2.75) is 37.4 Å². The number of imide groups is 1. The molecule has 1 saturated heterocycles. The first-order valence-corrected chi connectivity index (χ1v) is 12.9. The summed E-state index contributed by atoms with van der Waals surface area (Å²) in [5.41, 5.74) is 0.422. The molecule has 1 N–H and O–H groups in total. The van der Waals surface area contributed by atoms with Crippen LogP contribution in [0.2, 0.25) is 5.02 Å². The number of hydrogen-bond donors (Lipinski definition) is 1. The first-order chi connectivity index (χ1) is 18.6. The summed E-state index contributed by atoms with van der Waals surface area (Å²) >= 11 is 6.60. The molecular weight excluding hydrogens is 531 g/mol. The van der Waals surface area contributed by atoms with Crippen molar-refractivity contribution in [3.8, 4) is 11.1 Å². The molecule has 1 aliphatic carbocycles. The van der Waals surface area contributed by atoms with Crippen LogP contribution in [0.3, 0.4) is 0 Å². The second-order valence-electron chi connectivity index (χ2n) is 9.96. The maximum atomic E-state index is 13.9. The fourth-order valence-electron chi connectivity index (χ4n) is 6.04. The molecule has 39 heavy (non-hydrogen) atoms. The maximum Gasteiger partial charge on any atom is 0.433 e. The lowest BCUT2D eigenvalue weighted by atomic mass is 9.72. The second-order valence-corrected chi connectivity index (χ2v) is 10.4. The molecule has 3 unspecified atom stereocenters. The fraction of sp³-hybridized carbons (Fsp3) is 0.286. The molecule has 6 rings (SSSR count). The average Bonchev–Trinajstić information content (AvgIpc) is 3.30. The smallest absolute Gasteiger partial charge is 0.334 e. The molecule has 7 nitrogen and oxygen atoms in total. The molecule has 4 aromatic rings. The molecule has 3 atom stereocenters. The van der Waals surface area contributed by atoms with Gasteiger partial charge in [0.2, 0.25) is 5.91 Å². The Balaban J connectivity index is 1.33. The number of aromatic nitrogens is 3. The van der Waals surface area contributed by atoms with Gasteiger partial charge in [0, 0.05) is 40.6 Å². The van der Waals surface area contributed by atoms with E-state index in [-0.39, 0.29) is 17.4 Å². The Labute approximate surface area is 226 Å². The molecule has 3 heterocycles. The minimum absolute atomic E-state index is 0.0528. The summed E-state index contributed by atoms with van der Waals surface area (Å²) in [6, 6.07) is 11.2. The van der Waals surface area contributed by atoms with Gasteiger partial charge >= 0.3 is 12.2 Å². The van der Waals surface area contributed by atoms with E-state index in [0.29, 0.717) is 41.1 Å². The minimum atomic E-state index is -4.61. The van der Waals surface area contributed by atoms with Crippen LogP contribution in [0.4, 0.5) is 23.7 Å². The number of halogens is 4. The largest absolute Gasteiger partial charge is 0.433 e. The van der Waals surface area contributed by atoms with Crippen molar-refractivity contribution in [2.75, 3.05) is 4.90 Å². The lowest BCUT2D eigenvalue weighted by Crippen LogP contribution is -2.61. The van der Waals surface area contributed by atoms with Gasteiger partial charge < -0.3 is 5.32 Å². The normalized spacial score (nSPS) is 21.7. The molecule has 3 amide bonds. The Bertz CT molecular complexity index is 1610. The number of carbonyl (C=O) groups is 2. The summed E-state index contributed by atoms with van der Waals surface area (Å²) < 4.78 is 42.5. The zero-order valence-electron chi connectivity index (χ0n) is 20.7. The third kappa shape index (κ3) is 4.23. The number of benzene rings is 2. The van der Waals surface area contributed by atoms with Gasteiger partial charge in [0.15, 0.2) is 0 Å². The van der Waals surface area contributed by atoms with Gasteiger partial charge in [0.25, 0.3) is 0 Å². The highest BCUT2D eigenvalue weighted by Gasteiger charge is 2.46. The lowest BCUT2D eigenvalue weighted by Gasteiger charge is -2.43. The van der Waals surface area contributed by atoms with E-state index in [1.54, 1.807) is 24.4 Å². The van der Waals surface area contributed by atoms with Crippen LogP contribution in [0.25, 0.3) is 21.9 Å². The van der Waals surface area contributed by atoms with E-state index in [1.165, 1.54) is 19.4 Å². The number of alkyl halides is 3.